The Morgan fingerprint density at radius 2 is 1.93 bits per heavy atom. The van der Waals surface area contributed by atoms with Crippen molar-refractivity contribution in [2.75, 3.05) is 0 Å². The van der Waals surface area contributed by atoms with Gasteiger partial charge >= 0.3 is 0 Å². The Bertz CT molecular complexity index is 804. The van der Waals surface area contributed by atoms with Crippen molar-refractivity contribution in [3.63, 3.8) is 0 Å². The highest BCUT2D eigenvalue weighted by Crippen LogP contribution is 2.41. The zero-order valence-corrected chi connectivity index (χ0v) is 19.5. The molecule has 2 unspecified atom stereocenters. The van der Waals surface area contributed by atoms with Crippen molar-refractivity contribution >= 4 is 0 Å². The summed E-state index contributed by atoms with van der Waals surface area (Å²) < 4.78 is 13.9. The molecule has 0 bridgehead atoms. The Morgan fingerprint density at radius 3 is 2.52 bits per heavy atom. The molecule has 2 rings (SSSR count). The van der Waals surface area contributed by atoms with E-state index in [2.05, 4.69) is 53.7 Å². The molecule has 160 valence electrons. The monoisotopic (exact) mass is 397 g/mol. The molecule has 1 aromatic carbocycles. The third kappa shape index (κ3) is 6.32. The number of nitrogens with two attached hydrogens (primary N) is 1. The Hall–Kier alpha value is -1.83. The largest absolute Gasteiger partial charge is 0.398 e. The lowest BCUT2D eigenvalue weighted by atomic mass is 9.78. The summed E-state index contributed by atoms with van der Waals surface area (Å²) in [7, 11) is 0. The number of hydrogen-bond donors (Lipinski definition) is 1. The number of benzene rings is 1. The molecule has 0 aromatic heterocycles. The molecular weight excluding hydrogens is 357 g/mol. The van der Waals surface area contributed by atoms with Crippen LogP contribution in [-0.2, 0) is 6.42 Å². The third-order valence-electron chi connectivity index (χ3n) is 6.15. The molecule has 1 aromatic rings. The van der Waals surface area contributed by atoms with Crippen LogP contribution in [0.15, 0.2) is 52.8 Å². The van der Waals surface area contributed by atoms with E-state index in [1.807, 2.05) is 12.1 Å². The normalized spacial score (nSPS) is 17.5. The van der Waals surface area contributed by atoms with Crippen LogP contribution in [0.25, 0.3) is 0 Å². The van der Waals surface area contributed by atoms with Crippen LogP contribution in [0.2, 0.25) is 0 Å². The van der Waals surface area contributed by atoms with Crippen LogP contribution in [0.5, 0.6) is 0 Å². The van der Waals surface area contributed by atoms with E-state index in [0.29, 0.717) is 11.5 Å². The van der Waals surface area contributed by atoms with Gasteiger partial charge in [-0.05, 0) is 77.9 Å². The van der Waals surface area contributed by atoms with Crippen molar-refractivity contribution in [3.05, 3.63) is 69.7 Å². The fraction of sp³-hybridized carbons (Fsp3) is 0.556. The molecule has 2 heteroatoms. The highest BCUT2D eigenvalue weighted by Gasteiger charge is 2.27. The maximum Gasteiger partial charge on any atom is 0.126 e. The van der Waals surface area contributed by atoms with E-state index in [4.69, 9.17) is 5.73 Å². The first kappa shape index (κ1) is 23.4. The van der Waals surface area contributed by atoms with Gasteiger partial charge in [-0.25, -0.2) is 4.39 Å². The summed E-state index contributed by atoms with van der Waals surface area (Å²) in [5.41, 5.74) is 13.1. The lowest BCUT2D eigenvalue weighted by Gasteiger charge is -2.26. The van der Waals surface area contributed by atoms with Crippen molar-refractivity contribution in [2.45, 2.75) is 80.6 Å². The van der Waals surface area contributed by atoms with E-state index < -0.39 is 0 Å². The highest BCUT2D eigenvalue weighted by molar-refractivity contribution is 5.50. The number of rotatable bonds is 8. The van der Waals surface area contributed by atoms with Crippen LogP contribution < -0.4 is 5.73 Å². The molecule has 0 spiro atoms. The molecule has 1 nitrogen and oxygen atoms in total. The van der Waals surface area contributed by atoms with Gasteiger partial charge in [-0.15, -0.1) is 0 Å². The number of halogens is 1. The second-order valence-corrected chi connectivity index (χ2v) is 10.0. The average molecular weight is 398 g/mol. The molecule has 0 saturated heterocycles. The van der Waals surface area contributed by atoms with Gasteiger partial charge in [-0.1, -0.05) is 78.2 Å². The summed E-state index contributed by atoms with van der Waals surface area (Å²) in [5.74, 6) is 1.17. The Kier molecular flexibility index (Phi) is 7.91. The van der Waals surface area contributed by atoms with Crippen molar-refractivity contribution in [1.29, 1.82) is 0 Å². The molecule has 2 atom stereocenters. The van der Waals surface area contributed by atoms with Gasteiger partial charge in [0.2, 0.25) is 0 Å². The predicted octanol–water partition coefficient (Wildman–Crippen LogP) is 7.65. The van der Waals surface area contributed by atoms with Crippen molar-refractivity contribution in [3.8, 4) is 0 Å². The lowest BCUT2D eigenvalue weighted by Crippen LogP contribution is -2.14. The maximum atomic E-state index is 13.9. The first-order valence-electron chi connectivity index (χ1n) is 11.2. The number of hydrogen-bond acceptors (Lipinski definition) is 1. The van der Waals surface area contributed by atoms with Crippen molar-refractivity contribution < 1.29 is 4.39 Å². The second-order valence-electron chi connectivity index (χ2n) is 10.0. The van der Waals surface area contributed by atoms with Gasteiger partial charge in [-0.3, -0.25) is 0 Å². The van der Waals surface area contributed by atoms with E-state index in [9.17, 15) is 4.39 Å². The van der Waals surface area contributed by atoms with E-state index in [1.165, 1.54) is 36.0 Å². The van der Waals surface area contributed by atoms with Crippen LogP contribution in [0, 0.1) is 30.0 Å². The molecule has 0 amide bonds. The van der Waals surface area contributed by atoms with Gasteiger partial charge in [-0.2, -0.15) is 0 Å². The maximum absolute atomic E-state index is 13.9. The quantitative estimate of drug-likeness (QED) is 0.479. The molecule has 0 heterocycles. The van der Waals surface area contributed by atoms with Crippen molar-refractivity contribution in [1.82, 2.24) is 0 Å². The first-order valence-corrected chi connectivity index (χ1v) is 11.2. The van der Waals surface area contributed by atoms with E-state index in [-0.39, 0.29) is 11.2 Å². The van der Waals surface area contributed by atoms with Gasteiger partial charge in [0.1, 0.15) is 5.82 Å². The van der Waals surface area contributed by atoms with Crippen LogP contribution in [0.4, 0.5) is 4.39 Å². The zero-order valence-electron chi connectivity index (χ0n) is 19.5. The summed E-state index contributed by atoms with van der Waals surface area (Å²) in [5, 5.41) is 0. The number of aryl methyl sites for hydroxylation is 1. The minimum atomic E-state index is -0.133. The Balaban J connectivity index is 2.19. The molecule has 1 aliphatic rings. The first-order chi connectivity index (χ1) is 13.5. The van der Waals surface area contributed by atoms with E-state index >= 15 is 0 Å². The van der Waals surface area contributed by atoms with Gasteiger partial charge in [0.15, 0.2) is 0 Å². The van der Waals surface area contributed by atoms with Gasteiger partial charge < -0.3 is 5.73 Å². The molecular formula is C27H40FN. The molecule has 29 heavy (non-hydrogen) atoms. The summed E-state index contributed by atoms with van der Waals surface area (Å²) in [6.45, 7) is 15.5. The van der Waals surface area contributed by atoms with Crippen LogP contribution >= 0.6 is 0 Å². The summed E-state index contributed by atoms with van der Waals surface area (Å²) >= 11 is 0. The van der Waals surface area contributed by atoms with Crippen molar-refractivity contribution in [2.24, 2.45) is 23.0 Å². The molecule has 0 aliphatic heterocycles. The topological polar surface area (TPSA) is 26.0 Å². The summed E-state index contributed by atoms with van der Waals surface area (Å²) in [6.07, 6.45) is 9.88. The molecule has 1 aliphatic carbocycles. The van der Waals surface area contributed by atoms with E-state index in [0.717, 1.165) is 30.0 Å². The predicted molar refractivity (Wildman–Crippen MR) is 124 cm³/mol. The number of allylic oxidation sites excluding steroid dienone is 5. The Labute approximate surface area is 178 Å². The van der Waals surface area contributed by atoms with Crippen LogP contribution in [0.3, 0.4) is 0 Å². The van der Waals surface area contributed by atoms with Gasteiger partial charge in [0, 0.05) is 5.70 Å². The molecule has 2 N–H and O–H groups in total. The minimum Gasteiger partial charge on any atom is -0.398 e. The highest BCUT2D eigenvalue weighted by atomic mass is 19.1. The molecule has 0 radical (unpaired) electrons. The fourth-order valence-electron chi connectivity index (χ4n) is 4.44. The van der Waals surface area contributed by atoms with Gasteiger partial charge in [0.05, 0.1) is 0 Å². The summed E-state index contributed by atoms with van der Waals surface area (Å²) in [6, 6.07) is 5.53. The fourth-order valence-corrected chi connectivity index (χ4v) is 4.44. The minimum absolute atomic E-state index is 0.00871. The van der Waals surface area contributed by atoms with E-state index in [1.54, 1.807) is 13.0 Å². The average Bonchev–Trinajstić information content (AvgIpc) is 2.99. The Morgan fingerprint density at radius 1 is 1.24 bits per heavy atom. The standard InChI is InChI=1S/C27H40FN/c1-8-9-18(2)14-20(4)22-16-23(26(29)17-22)24(27(5,6)7)13-12-21-11-10-19(3)25(28)15-21/h10-11,13,15,17-18,20H,8-9,12,14,16,29H2,1-7H3/b24-13+. The molecule has 0 fully saturated rings. The van der Waals surface area contributed by atoms with Gasteiger partial charge in [0.25, 0.3) is 0 Å². The smallest absolute Gasteiger partial charge is 0.126 e. The zero-order chi connectivity index (χ0) is 21.8. The lowest BCUT2D eigenvalue weighted by molar-refractivity contribution is 0.420. The summed E-state index contributed by atoms with van der Waals surface area (Å²) in [4.78, 5) is 0. The van der Waals surface area contributed by atoms with Crippen LogP contribution in [-0.4, -0.2) is 0 Å². The van der Waals surface area contributed by atoms with Crippen LogP contribution in [0.1, 0.15) is 78.4 Å². The SMILES string of the molecule is CCCC(C)CC(C)C1=CC(N)=C(/C(=C\Cc2ccc(C)c(F)c2)C(C)(C)C)C1. The second kappa shape index (κ2) is 9.78. The molecule has 0 saturated carbocycles. The third-order valence-corrected chi connectivity index (χ3v) is 6.15.